The minimum absolute atomic E-state index is 0.0443. The number of aliphatic hydroxyl groups is 1. The van der Waals surface area contributed by atoms with Gasteiger partial charge in [-0.25, -0.2) is 0 Å². The van der Waals surface area contributed by atoms with Crippen LogP contribution in [-0.2, 0) is 4.79 Å². The summed E-state index contributed by atoms with van der Waals surface area (Å²) in [5.74, 6) is 0.229. The number of nitrogens with one attached hydrogen (secondary N) is 2. The van der Waals surface area contributed by atoms with Crippen molar-refractivity contribution in [1.82, 2.24) is 10.6 Å². The van der Waals surface area contributed by atoms with Gasteiger partial charge in [0.25, 0.3) is 0 Å². The van der Waals surface area contributed by atoms with Gasteiger partial charge in [-0.2, -0.15) is 0 Å². The van der Waals surface area contributed by atoms with E-state index in [1.54, 1.807) is 0 Å². The molecule has 1 heterocycles. The zero-order valence-electron chi connectivity index (χ0n) is 8.12. The highest BCUT2D eigenvalue weighted by molar-refractivity contribution is 5.92. The van der Waals surface area contributed by atoms with E-state index < -0.39 is 0 Å². The molecule has 2 rings (SSSR count). The molecule has 0 aromatic heterocycles. The Morgan fingerprint density at radius 2 is 1.64 bits per heavy atom. The van der Waals surface area contributed by atoms with Crippen molar-refractivity contribution >= 4 is 5.78 Å². The monoisotopic (exact) mass is 196 g/mol. The minimum atomic E-state index is 0.0443. The van der Waals surface area contributed by atoms with Gasteiger partial charge in [0.1, 0.15) is 5.76 Å². The van der Waals surface area contributed by atoms with Gasteiger partial charge in [-0.3, -0.25) is 4.79 Å². The maximum absolute atomic E-state index is 10.4. The van der Waals surface area contributed by atoms with E-state index in [2.05, 4.69) is 10.6 Å². The molecule has 0 spiro atoms. The highest BCUT2D eigenvalue weighted by Crippen LogP contribution is 2.02. The van der Waals surface area contributed by atoms with Gasteiger partial charge in [-0.1, -0.05) is 0 Å². The zero-order valence-corrected chi connectivity index (χ0v) is 8.12. The Morgan fingerprint density at radius 3 is 1.93 bits per heavy atom. The van der Waals surface area contributed by atoms with Crippen LogP contribution >= 0.6 is 0 Å². The molecule has 0 amide bonds. The minimum Gasteiger partial charge on any atom is -0.508 e. The number of piperazine rings is 1. The van der Waals surface area contributed by atoms with E-state index in [-0.39, 0.29) is 11.5 Å². The lowest BCUT2D eigenvalue weighted by Crippen LogP contribution is -2.39. The maximum atomic E-state index is 10.4. The van der Waals surface area contributed by atoms with Crippen LogP contribution in [0.15, 0.2) is 24.0 Å². The summed E-state index contributed by atoms with van der Waals surface area (Å²) in [7, 11) is 0. The first-order valence-electron chi connectivity index (χ1n) is 4.80. The van der Waals surface area contributed by atoms with E-state index >= 15 is 0 Å². The third kappa shape index (κ3) is 4.79. The van der Waals surface area contributed by atoms with Crippen LogP contribution in [0.4, 0.5) is 0 Å². The van der Waals surface area contributed by atoms with Crippen molar-refractivity contribution in [2.24, 2.45) is 0 Å². The zero-order chi connectivity index (χ0) is 10.2. The molecule has 0 unspecified atom stereocenters. The van der Waals surface area contributed by atoms with Gasteiger partial charge in [0.2, 0.25) is 0 Å². The molecule has 1 saturated heterocycles. The summed E-state index contributed by atoms with van der Waals surface area (Å²) in [6.45, 7) is 4.56. The molecule has 1 fully saturated rings. The van der Waals surface area contributed by atoms with Crippen molar-refractivity contribution in [3.8, 4) is 0 Å². The summed E-state index contributed by atoms with van der Waals surface area (Å²) < 4.78 is 0. The lowest BCUT2D eigenvalue weighted by atomic mass is 10.1. The van der Waals surface area contributed by atoms with Crippen LogP contribution < -0.4 is 10.6 Å². The fourth-order valence-electron chi connectivity index (χ4n) is 1.12. The fourth-order valence-corrected chi connectivity index (χ4v) is 1.12. The van der Waals surface area contributed by atoms with Crippen molar-refractivity contribution in [3.05, 3.63) is 24.0 Å². The van der Waals surface area contributed by atoms with Crippen LogP contribution in [0.2, 0.25) is 0 Å². The highest BCUT2D eigenvalue weighted by Gasteiger charge is 1.99. The summed E-state index contributed by atoms with van der Waals surface area (Å²) >= 11 is 0. The molecule has 0 atom stereocenters. The van der Waals surface area contributed by atoms with E-state index in [1.807, 2.05) is 0 Å². The molecule has 3 N–H and O–H groups in total. The van der Waals surface area contributed by atoms with Crippen molar-refractivity contribution in [1.29, 1.82) is 0 Å². The Morgan fingerprint density at radius 1 is 1.07 bits per heavy atom. The van der Waals surface area contributed by atoms with Crippen LogP contribution in [-0.4, -0.2) is 37.1 Å². The standard InChI is InChI=1S/C6H6O2.C4H10N2/c7-5-1-2-6(8)4-3-5;1-2-6-4-3-5-1/h1-3,7H,4H2;5-6H,1-4H2. The van der Waals surface area contributed by atoms with Crippen molar-refractivity contribution in [2.45, 2.75) is 6.42 Å². The highest BCUT2D eigenvalue weighted by atomic mass is 16.3. The number of hydrogen-bond donors (Lipinski definition) is 3. The van der Waals surface area contributed by atoms with Crippen LogP contribution in [0.3, 0.4) is 0 Å². The molecule has 1 aliphatic carbocycles. The largest absolute Gasteiger partial charge is 0.508 e. The van der Waals surface area contributed by atoms with E-state index in [4.69, 9.17) is 5.11 Å². The van der Waals surface area contributed by atoms with E-state index in [0.29, 0.717) is 6.42 Å². The number of carbonyl (C=O) groups excluding carboxylic acids is 1. The molecule has 0 bridgehead atoms. The predicted octanol–water partition coefficient (Wildman–Crippen LogP) is 0.136. The van der Waals surface area contributed by atoms with Gasteiger partial charge in [0, 0.05) is 32.6 Å². The van der Waals surface area contributed by atoms with Crippen LogP contribution in [0.25, 0.3) is 0 Å². The van der Waals surface area contributed by atoms with Crippen LogP contribution in [0, 0.1) is 0 Å². The number of rotatable bonds is 0. The summed E-state index contributed by atoms with van der Waals surface area (Å²) in [4.78, 5) is 10.4. The molecule has 14 heavy (non-hydrogen) atoms. The molecule has 78 valence electrons. The molecule has 0 radical (unpaired) electrons. The van der Waals surface area contributed by atoms with Crippen LogP contribution in [0.1, 0.15) is 6.42 Å². The molecule has 1 aliphatic heterocycles. The quantitative estimate of drug-likeness (QED) is 0.515. The second-order valence-corrected chi connectivity index (χ2v) is 3.13. The second kappa shape index (κ2) is 6.34. The average Bonchev–Trinajstić information content (AvgIpc) is 2.26. The summed E-state index contributed by atoms with van der Waals surface area (Å²) in [6, 6.07) is 0. The predicted molar refractivity (Wildman–Crippen MR) is 55.2 cm³/mol. The lowest BCUT2D eigenvalue weighted by molar-refractivity contribution is -0.114. The topological polar surface area (TPSA) is 61.4 Å². The summed E-state index contributed by atoms with van der Waals surface area (Å²) in [5, 5.41) is 15.1. The first-order valence-corrected chi connectivity index (χ1v) is 4.80. The van der Waals surface area contributed by atoms with Gasteiger partial charge in [-0.05, 0) is 18.2 Å². The molecule has 0 aromatic rings. The number of carbonyl (C=O) groups is 1. The molecular weight excluding hydrogens is 180 g/mol. The number of allylic oxidation sites excluding steroid dienone is 3. The van der Waals surface area contributed by atoms with Crippen molar-refractivity contribution in [3.63, 3.8) is 0 Å². The Hall–Kier alpha value is -1.13. The van der Waals surface area contributed by atoms with Gasteiger partial charge in [-0.15, -0.1) is 0 Å². The number of hydrogen-bond acceptors (Lipinski definition) is 4. The first-order chi connectivity index (χ1) is 6.79. The molecular formula is C10H16N2O2. The lowest BCUT2D eigenvalue weighted by Gasteiger charge is -2.11. The normalized spacial score (nSPS) is 20.9. The SMILES string of the molecule is C1CNCCN1.O=C1C=CC(O)=CC1. The van der Waals surface area contributed by atoms with Gasteiger partial charge in [0.15, 0.2) is 5.78 Å². The smallest absolute Gasteiger partial charge is 0.159 e. The van der Waals surface area contributed by atoms with Gasteiger partial charge in [0.05, 0.1) is 0 Å². The third-order valence-electron chi connectivity index (χ3n) is 1.91. The van der Waals surface area contributed by atoms with E-state index in [9.17, 15) is 4.79 Å². The molecule has 2 aliphatic rings. The van der Waals surface area contributed by atoms with Gasteiger partial charge >= 0.3 is 0 Å². The van der Waals surface area contributed by atoms with Gasteiger partial charge < -0.3 is 15.7 Å². The van der Waals surface area contributed by atoms with E-state index in [1.165, 1.54) is 18.2 Å². The van der Waals surface area contributed by atoms with Crippen molar-refractivity contribution in [2.75, 3.05) is 26.2 Å². The van der Waals surface area contributed by atoms with Crippen LogP contribution in [0.5, 0.6) is 0 Å². The Labute approximate surface area is 83.7 Å². The maximum Gasteiger partial charge on any atom is 0.159 e. The van der Waals surface area contributed by atoms with E-state index in [0.717, 1.165) is 26.2 Å². The second-order valence-electron chi connectivity index (χ2n) is 3.13. The summed E-state index contributed by atoms with van der Waals surface area (Å²) in [6.07, 6.45) is 4.59. The molecule has 4 nitrogen and oxygen atoms in total. The Kier molecular flexibility index (Phi) is 4.96. The fraction of sp³-hybridized carbons (Fsp3) is 0.500. The Balaban J connectivity index is 0.000000146. The Bertz CT molecular complexity index is 228. The molecule has 0 aromatic carbocycles. The van der Waals surface area contributed by atoms with Crippen molar-refractivity contribution < 1.29 is 9.90 Å². The molecule has 4 heteroatoms. The average molecular weight is 196 g/mol. The number of aliphatic hydroxyl groups excluding tert-OH is 1. The molecule has 0 saturated carbocycles. The first kappa shape index (κ1) is 10.9. The number of ketones is 1. The summed E-state index contributed by atoms with van der Waals surface area (Å²) in [5.41, 5.74) is 0. The third-order valence-corrected chi connectivity index (χ3v) is 1.91.